The van der Waals surface area contributed by atoms with Gasteiger partial charge < -0.3 is 4.74 Å². The molecule has 0 spiro atoms. The average Bonchev–Trinajstić information content (AvgIpc) is 3.07. The first-order valence-corrected chi connectivity index (χ1v) is 9.14. The fourth-order valence-electron chi connectivity index (χ4n) is 2.71. The number of hydrogen-bond donors (Lipinski definition) is 1. The van der Waals surface area contributed by atoms with Crippen LogP contribution in [0.2, 0.25) is 0 Å². The van der Waals surface area contributed by atoms with E-state index in [0.717, 1.165) is 18.4 Å². The third kappa shape index (κ3) is 3.27. The molecule has 0 bridgehead atoms. The van der Waals surface area contributed by atoms with Crippen molar-refractivity contribution in [2.45, 2.75) is 30.7 Å². The van der Waals surface area contributed by atoms with E-state index in [9.17, 15) is 13.7 Å². The Labute approximate surface area is 140 Å². The molecule has 0 unspecified atom stereocenters. The molecule has 0 saturated carbocycles. The number of hydrogen-bond acceptors (Lipinski definition) is 5. The second-order valence-electron chi connectivity index (χ2n) is 5.71. The first-order chi connectivity index (χ1) is 11.5. The Balaban J connectivity index is 1.85. The zero-order valence-electron chi connectivity index (χ0n) is 13.3. The summed E-state index contributed by atoms with van der Waals surface area (Å²) in [5.74, 6) is 0. The van der Waals surface area contributed by atoms with Gasteiger partial charge in [-0.2, -0.15) is 10.4 Å². The highest BCUT2D eigenvalue weighted by atomic mass is 32.2. The van der Waals surface area contributed by atoms with Gasteiger partial charge in [-0.1, -0.05) is 12.1 Å². The minimum atomic E-state index is -3.80. The van der Waals surface area contributed by atoms with Gasteiger partial charge in [0.2, 0.25) is 0 Å². The minimum Gasteiger partial charge on any atom is -0.381 e. The molecule has 1 aliphatic rings. The van der Waals surface area contributed by atoms with Crippen LogP contribution in [0.4, 0.5) is 5.69 Å². The predicted octanol–water partition coefficient (Wildman–Crippen LogP) is 2.22. The van der Waals surface area contributed by atoms with E-state index < -0.39 is 10.0 Å². The zero-order chi connectivity index (χ0) is 17.2. The minimum absolute atomic E-state index is 0.0828. The van der Waals surface area contributed by atoms with E-state index in [0.29, 0.717) is 18.8 Å². The van der Waals surface area contributed by atoms with E-state index in [4.69, 9.17) is 4.74 Å². The number of benzene rings is 1. The topological polar surface area (TPSA) is 97.0 Å². The molecule has 1 aliphatic heterocycles. The van der Waals surface area contributed by atoms with Gasteiger partial charge in [-0.25, -0.2) is 8.42 Å². The van der Waals surface area contributed by atoms with Gasteiger partial charge in [-0.3, -0.25) is 9.40 Å². The van der Waals surface area contributed by atoms with Crippen molar-refractivity contribution < 1.29 is 13.2 Å². The number of aryl methyl sites for hydroxylation is 1. The molecule has 0 radical (unpaired) electrons. The molecule has 2 aromatic rings. The Morgan fingerprint density at radius 2 is 2.12 bits per heavy atom. The Morgan fingerprint density at radius 1 is 1.38 bits per heavy atom. The molecule has 7 nitrogen and oxygen atoms in total. The Hall–Kier alpha value is -2.37. The number of aromatic nitrogens is 2. The van der Waals surface area contributed by atoms with Crippen LogP contribution < -0.4 is 4.72 Å². The van der Waals surface area contributed by atoms with Gasteiger partial charge in [0.25, 0.3) is 10.0 Å². The highest BCUT2D eigenvalue weighted by molar-refractivity contribution is 7.92. The second kappa shape index (κ2) is 6.63. The highest BCUT2D eigenvalue weighted by Crippen LogP contribution is 2.24. The molecule has 24 heavy (non-hydrogen) atoms. The van der Waals surface area contributed by atoms with Gasteiger partial charge in [-0.05, 0) is 31.4 Å². The summed E-state index contributed by atoms with van der Waals surface area (Å²) in [7, 11) is -3.80. The molecule has 1 aromatic heterocycles. The van der Waals surface area contributed by atoms with Crippen molar-refractivity contribution in [1.82, 2.24) is 9.78 Å². The van der Waals surface area contributed by atoms with Crippen LogP contribution in [0.3, 0.4) is 0 Å². The lowest BCUT2D eigenvalue weighted by molar-refractivity contribution is 0.0662. The molecular formula is C16H18N4O3S. The number of nitrogens with one attached hydrogen (secondary N) is 1. The summed E-state index contributed by atoms with van der Waals surface area (Å²) in [6.07, 6.45) is 4.48. The van der Waals surface area contributed by atoms with Crippen LogP contribution in [0.15, 0.2) is 35.5 Å². The van der Waals surface area contributed by atoms with Gasteiger partial charge >= 0.3 is 0 Å². The molecule has 3 rings (SSSR count). The smallest absolute Gasteiger partial charge is 0.265 e. The first kappa shape index (κ1) is 16.5. The van der Waals surface area contributed by atoms with E-state index in [2.05, 4.69) is 9.82 Å². The quantitative estimate of drug-likeness (QED) is 0.915. The van der Waals surface area contributed by atoms with Crippen molar-refractivity contribution in [3.8, 4) is 6.07 Å². The molecule has 1 N–H and O–H groups in total. The maximum absolute atomic E-state index is 12.6. The lowest BCUT2D eigenvalue weighted by atomic mass is 10.1. The van der Waals surface area contributed by atoms with Crippen molar-refractivity contribution in [2.24, 2.45) is 0 Å². The van der Waals surface area contributed by atoms with Crippen LogP contribution >= 0.6 is 0 Å². The largest absolute Gasteiger partial charge is 0.381 e. The van der Waals surface area contributed by atoms with Gasteiger partial charge in [0.1, 0.15) is 11.0 Å². The molecule has 1 saturated heterocycles. The molecule has 1 aromatic carbocycles. The van der Waals surface area contributed by atoms with Crippen molar-refractivity contribution in [3.63, 3.8) is 0 Å². The number of ether oxygens (including phenoxy) is 1. The van der Waals surface area contributed by atoms with Crippen LogP contribution in [0.25, 0.3) is 0 Å². The van der Waals surface area contributed by atoms with Crippen molar-refractivity contribution in [1.29, 1.82) is 5.26 Å². The normalized spacial score (nSPS) is 15.8. The summed E-state index contributed by atoms with van der Waals surface area (Å²) in [4.78, 5) is 0.0828. The van der Waals surface area contributed by atoms with E-state index in [-0.39, 0.29) is 16.6 Å². The van der Waals surface area contributed by atoms with Crippen LogP contribution in [0.1, 0.15) is 30.0 Å². The standard InChI is InChI=1S/C16H18N4O3S/c1-12-3-2-4-16(15(12)9-17)19-24(21,22)14-10-18-20(11-14)13-5-7-23-8-6-13/h2-4,10-11,13,19H,5-8H2,1H3. The predicted molar refractivity (Wildman–Crippen MR) is 88.0 cm³/mol. The summed E-state index contributed by atoms with van der Waals surface area (Å²) in [6, 6.07) is 7.23. The molecule has 126 valence electrons. The van der Waals surface area contributed by atoms with Gasteiger partial charge in [-0.15, -0.1) is 0 Å². The molecule has 0 amide bonds. The summed E-state index contributed by atoms with van der Waals surface area (Å²) >= 11 is 0. The Kier molecular flexibility index (Phi) is 4.55. The Bertz CT molecular complexity index is 877. The molecule has 0 atom stereocenters. The first-order valence-electron chi connectivity index (χ1n) is 7.65. The van der Waals surface area contributed by atoms with Gasteiger partial charge in [0, 0.05) is 19.4 Å². The van der Waals surface area contributed by atoms with Crippen molar-refractivity contribution >= 4 is 15.7 Å². The summed E-state index contributed by atoms with van der Waals surface area (Å²) in [5, 5.41) is 13.4. The van der Waals surface area contributed by atoms with Gasteiger partial charge in [0.05, 0.1) is 23.5 Å². The summed E-state index contributed by atoms with van der Waals surface area (Å²) in [6.45, 7) is 3.07. The Morgan fingerprint density at radius 3 is 2.83 bits per heavy atom. The maximum atomic E-state index is 12.6. The molecule has 2 heterocycles. The molecule has 0 aliphatic carbocycles. The van der Waals surface area contributed by atoms with Gasteiger partial charge in [0.15, 0.2) is 0 Å². The number of nitrogens with zero attached hydrogens (tertiary/aromatic N) is 3. The lowest BCUT2D eigenvalue weighted by Crippen LogP contribution is -2.20. The van der Waals surface area contributed by atoms with E-state index >= 15 is 0 Å². The van der Waals surface area contributed by atoms with Crippen LogP contribution in [-0.2, 0) is 14.8 Å². The second-order valence-corrected chi connectivity index (χ2v) is 7.40. The SMILES string of the molecule is Cc1cccc(NS(=O)(=O)c2cnn(C3CCOCC3)c2)c1C#N. The van der Waals surface area contributed by atoms with Crippen molar-refractivity contribution in [2.75, 3.05) is 17.9 Å². The summed E-state index contributed by atoms with van der Waals surface area (Å²) < 4.78 is 34.6. The fourth-order valence-corrected chi connectivity index (χ4v) is 3.72. The van der Waals surface area contributed by atoms with E-state index in [1.54, 1.807) is 29.8 Å². The van der Waals surface area contributed by atoms with Crippen molar-refractivity contribution in [3.05, 3.63) is 41.7 Å². The monoisotopic (exact) mass is 346 g/mol. The lowest BCUT2D eigenvalue weighted by Gasteiger charge is -2.22. The average molecular weight is 346 g/mol. The zero-order valence-corrected chi connectivity index (χ0v) is 14.1. The number of nitriles is 1. The highest BCUT2D eigenvalue weighted by Gasteiger charge is 2.22. The molecule has 1 fully saturated rings. The maximum Gasteiger partial charge on any atom is 0.265 e. The van der Waals surface area contributed by atoms with Crippen LogP contribution in [-0.4, -0.2) is 31.4 Å². The van der Waals surface area contributed by atoms with Crippen LogP contribution in [0, 0.1) is 18.3 Å². The van der Waals surface area contributed by atoms with E-state index in [1.165, 1.54) is 12.4 Å². The summed E-state index contributed by atoms with van der Waals surface area (Å²) in [5.41, 5.74) is 1.31. The third-order valence-corrected chi connectivity index (χ3v) is 5.40. The molecular weight excluding hydrogens is 328 g/mol. The number of rotatable bonds is 4. The number of anilines is 1. The third-order valence-electron chi connectivity index (χ3n) is 4.08. The molecule has 8 heteroatoms. The van der Waals surface area contributed by atoms with Crippen LogP contribution in [0.5, 0.6) is 0 Å². The van der Waals surface area contributed by atoms with E-state index in [1.807, 2.05) is 6.07 Å². The number of sulfonamides is 1. The fraction of sp³-hybridized carbons (Fsp3) is 0.375.